The maximum absolute atomic E-state index is 6.09. The number of rotatable bonds is 10. The molecule has 0 radical (unpaired) electrons. The maximum Gasteiger partial charge on any atom is 0.0277 e. The molecule has 0 saturated heterocycles. The number of terminal acetylenes is 1. The van der Waals surface area contributed by atoms with Crippen molar-refractivity contribution < 1.29 is 0 Å². The predicted molar refractivity (Wildman–Crippen MR) is 214 cm³/mol. The molecule has 0 aliphatic heterocycles. The summed E-state index contributed by atoms with van der Waals surface area (Å²) in [6, 6.07) is 27.6. The van der Waals surface area contributed by atoms with Crippen molar-refractivity contribution in [2.45, 2.75) is 109 Å². The highest BCUT2D eigenvalue weighted by Gasteiger charge is 2.44. The average molecular weight is 659 g/mol. The van der Waals surface area contributed by atoms with Crippen molar-refractivity contribution in [3.63, 3.8) is 0 Å². The largest absolute Gasteiger partial charge is 0.115 e. The van der Waals surface area contributed by atoms with E-state index in [2.05, 4.69) is 117 Å². The first-order chi connectivity index (χ1) is 24.3. The minimum atomic E-state index is 0.414. The van der Waals surface area contributed by atoms with E-state index in [0.29, 0.717) is 35.0 Å². The highest BCUT2D eigenvalue weighted by atomic mass is 14.5. The molecule has 0 nitrogen and oxygen atoms in total. The smallest absolute Gasteiger partial charge is 0.0277 e. The molecule has 4 aliphatic rings. The van der Waals surface area contributed by atoms with Crippen LogP contribution in [0.2, 0.25) is 0 Å². The molecule has 7 rings (SSSR count). The van der Waals surface area contributed by atoms with Crippen molar-refractivity contribution in [3.8, 4) is 12.3 Å². The molecule has 258 valence electrons. The van der Waals surface area contributed by atoms with E-state index in [-0.39, 0.29) is 0 Å². The number of hydrogen-bond donors (Lipinski definition) is 0. The van der Waals surface area contributed by atoms with Gasteiger partial charge in [-0.1, -0.05) is 129 Å². The zero-order valence-electron chi connectivity index (χ0n) is 30.8. The molecule has 0 heteroatoms. The minimum Gasteiger partial charge on any atom is -0.115 e. The molecule has 3 fully saturated rings. The summed E-state index contributed by atoms with van der Waals surface area (Å²) in [6.45, 7) is 13.9. The van der Waals surface area contributed by atoms with Gasteiger partial charge in [-0.2, -0.15) is 0 Å². The molecule has 4 aliphatic carbocycles. The maximum atomic E-state index is 6.09. The van der Waals surface area contributed by atoms with Gasteiger partial charge in [-0.15, -0.1) is 6.42 Å². The molecule has 3 unspecified atom stereocenters. The number of hydrogen-bond acceptors (Lipinski definition) is 0. The van der Waals surface area contributed by atoms with E-state index in [9.17, 15) is 0 Å². The zero-order chi connectivity index (χ0) is 34.7. The predicted octanol–water partition coefficient (Wildman–Crippen LogP) is 13.2. The lowest BCUT2D eigenvalue weighted by Crippen LogP contribution is -2.29. The summed E-state index contributed by atoms with van der Waals surface area (Å²) < 4.78 is 0. The van der Waals surface area contributed by atoms with Gasteiger partial charge in [0.05, 0.1) is 0 Å². The molecule has 3 aromatic rings. The van der Waals surface area contributed by atoms with Gasteiger partial charge in [-0.05, 0) is 158 Å². The van der Waals surface area contributed by atoms with Crippen LogP contribution in [0.4, 0.5) is 0 Å². The highest BCUT2D eigenvalue weighted by Crippen LogP contribution is 2.57. The Labute approximate surface area is 303 Å². The summed E-state index contributed by atoms with van der Waals surface area (Å²) >= 11 is 0. The Hall–Kier alpha value is -3.82. The summed E-state index contributed by atoms with van der Waals surface area (Å²) in [7, 11) is 0. The summed E-state index contributed by atoms with van der Waals surface area (Å²) in [5, 5.41) is 0. The molecule has 0 bridgehead atoms. The lowest BCUT2D eigenvalue weighted by Gasteiger charge is -2.41. The Kier molecular flexibility index (Phi) is 10.5. The topological polar surface area (TPSA) is 0 Å². The average Bonchev–Trinajstić information content (AvgIpc) is 3.71. The third-order valence-electron chi connectivity index (χ3n) is 13.7. The van der Waals surface area contributed by atoms with Gasteiger partial charge in [0.1, 0.15) is 0 Å². The standard InChI is InChI=1S/C50H58/c1-6-42-19-17-41(34-48(42)44-27-30-50(31-28-44)29-26-36(3)38(50)5)33-40-15-20-45(21-16-40)49(37(4)13-14-39-10-8-7-9-11-39)46-24-22-43(23-25-46)47-18-12-35(2)32-47/h1,7-12,17-19,22-25,32,34-35,38,40,44-45,49H,3-4,13-16,20-21,26-31,33H2,2,5H3. The molecule has 0 amide bonds. The van der Waals surface area contributed by atoms with Crippen molar-refractivity contribution in [1.82, 2.24) is 0 Å². The Balaban J connectivity index is 1.02. The number of benzene rings is 3. The Morgan fingerprint density at radius 1 is 0.880 bits per heavy atom. The molecule has 3 aromatic carbocycles. The Morgan fingerprint density at radius 3 is 2.26 bits per heavy atom. The van der Waals surface area contributed by atoms with Gasteiger partial charge >= 0.3 is 0 Å². The van der Waals surface area contributed by atoms with Gasteiger partial charge in [-0.25, -0.2) is 0 Å². The van der Waals surface area contributed by atoms with Crippen LogP contribution in [-0.4, -0.2) is 0 Å². The second-order valence-electron chi connectivity index (χ2n) is 16.7. The monoisotopic (exact) mass is 658 g/mol. The van der Waals surface area contributed by atoms with Crippen LogP contribution in [0.1, 0.15) is 130 Å². The summed E-state index contributed by atoms with van der Waals surface area (Å²) in [4.78, 5) is 0. The summed E-state index contributed by atoms with van der Waals surface area (Å²) in [5.41, 5.74) is 13.0. The van der Waals surface area contributed by atoms with Crippen LogP contribution < -0.4 is 0 Å². The summed E-state index contributed by atoms with van der Waals surface area (Å²) in [6.07, 6.45) is 29.2. The van der Waals surface area contributed by atoms with Gasteiger partial charge in [0.2, 0.25) is 0 Å². The SMILES string of the molecule is C#Cc1ccc(CC2CCC(C(C(=C)CCc3ccccc3)c3ccc(C4=CC(C)C=C4)cc3)CC2)cc1C1CCC2(CCC(=C)C2C)CC1. The highest BCUT2D eigenvalue weighted by molar-refractivity contribution is 5.76. The van der Waals surface area contributed by atoms with Gasteiger partial charge in [0.25, 0.3) is 0 Å². The van der Waals surface area contributed by atoms with Crippen molar-refractivity contribution in [1.29, 1.82) is 0 Å². The van der Waals surface area contributed by atoms with E-state index in [1.54, 1.807) is 0 Å². The molecule has 1 spiro atoms. The minimum absolute atomic E-state index is 0.414. The van der Waals surface area contributed by atoms with Gasteiger partial charge in [0.15, 0.2) is 0 Å². The van der Waals surface area contributed by atoms with Crippen LogP contribution in [0, 0.1) is 41.4 Å². The van der Waals surface area contributed by atoms with E-state index in [0.717, 1.165) is 24.3 Å². The van der Waals surface area contributed by atoms with Crippen LogP contribution >= 0.6 is 0 Å². The van der Waals surface area contributed by atoms with Crippen molar-refractivity contribution in [3.05, 3.63) is 149 Å². The van der Waals surface area contributed by atoms with Crippen molar-refractivity contribution >= 4 is 5.57 Å². The fourth-order valence-electron chi connectivity index (χ4n) is 10.4. The van der Waals surface area contributed by atoms with Crippen molar-refractivity contribution in [2.75, 3.05) is 0 Å². The van der Waals surface area contributed by atoms with Crippen LogP contribution in [0.25, 0.3) is 5.57 Å². The van der Waals surface area contributed by atoms with E-state index >= 15 is 0 Å². The fraction of sp³-hybridized carbons (Fsp3) is 0.440. The quantitative estimate of drug-likeness (QED) is 0.150. The van der Waals surface area contributed by atoms with Crippen LogP contribution in [-0.2, 0) is 12.8 Å². The lowest BCUT2D eigenvalue weighted by molar-refractivity contribution is 0.137. The molecular formula is C50H58. The van der Waals surface area contributed by atoms with Crippen molar-refractivity contribution in [2.24, 2.45) is 29.1 Å². The number of allylic oxidation sites excluding steroid dienone is 6. The van der Waals surface area contributed by atoms with Gasteiger partial charge in [-0.3, -0.25) is 0 Å². The van der Waals surface area contributed by atoms with Crippen LogP contribution in [0.3, 0.4) is 0 Å². The third-order valence-corrected chi connectivity index (χ3v) is 13.7. The first kappa shape index (κ1) is 34.6. The summed E-state index contributed by atoms with van der Waals surface area (Å²) in [5.74, 6) is 6.65. The van der Waals surface area contributed by atoms with Gasteiger partial charge in [0, 0.05) is 11.5 Å². The van der Waals surface area contributed by atoms with E-state index in [4.69, 9.17) is 13.0 Å². The molecule has 50 heavy (non-hydrogen) atoms. The second-order valence-corrected chi connectivity index (χ2v) is 16.7. The molecule has 0 N–H and O–H groups in total. The molecule has 0 heterocycles. The zero-order valence-corrected chi connectivity index (χ0v) is 30.8. The first-order valence-electron chi connectivity index (χ1n) is 19.8. The van der Waals surface area contributed by atoms with Crippen LogP contribution in [0.5, 0.6) is 0 Å². The second kappa shape index (κ2) is 15.2. The molecule has 3 saturated carbocycles. The third kappa shape index (κ3) is 7.45. The van der Waals surface area contributed by atoms with E-state index in [1.165, 1.54) is 115 Å². The Bertz CT molecular complexity index is 1760. The normalized spacial score (nSPS) is 28.4. The molecule has 0 aromatic heterocycles. The lowest BCUT2D eigenvalue weighted by atomic mass is 9.64. The molecule has 3 atom stereocenters. The fourth-order valence-corrected chi connectivity index (χ4v) is 10.4. The molecular weight excluding hydrogens is 601 g/mol. The van der Waals surface area contributed by atoms with Crippen LogP contribution in [0.15, 0.2) is 115 Å². The Morgan fingerprint density at radius 2 is 1.62 bits per heavy atom. The van der Waals surface area contributed by atoms with Gasteiger partial charge < -0.3 is 0 Å². The van der Waals surface area contributed by atoms with E-state index in [1.807, 2.05) is 0 Å². The first-order valence-corrected chi connectivity index (χ1v) is 19.8. The van der Waals surface area contributed by atoms with E-state index < -0.39 is 0 Å². The number of aryl methyl sites for hydroxylation is 1.